The second kappa shape index (κ2) is 5.09. The van der Waals surface area contributed by atoms with Crippen LogP contribution in [-0.2, 0) is 14.9 Å². The monoisotopic (exact) mass is 214 g/mol. The number of hydrogen-bond acceptors (Lipinski definition) is 3. The zero-order valence-electron chi connectivity index (χ0n) is 7.64. The van der Waals surface area contributed by atoms with Crippen LogP contribution in [0.5, 0.6) is 0 Å². The molecule has 0 fully saturated rings. The molecule has 0 unspecified atom stereocenters. The van der Waals surface area contributed by atoms with E-state index in [1.807, 2.05) is 0 Å². The quantitative estimate of drug-likeness (QED) is 0.723. The second-order valence-corrected chi connectivity index (χ2v) is 4.77. The van der Waals surface area contributed by atoms with Gasteiger partial charge in [0.15, 0.2) is 9.84 Å². The van der Waals surface area contributed by atoms with Gasteiger partial charge < -0.3 is 5.32 Å². The van der Waals surface area contributed by atoms with Crippen LogP contribution in [0.2, 0.25) is 0 Å². The molecule has 77 valence electrons. The van der Waals surface area contributed by atoms with Crippen molar-refractivity contribution in [3.63, 3.8) is 0 Å². The van der Waals surface area contributed by atoms with Crippen LogP contribution < -0.4 is 5.32 Å². The zero-order valence-corrected chi connectivity index (χ0v) is 8.46. The summed E-state index contributed by atoms with van der Waals surface area (Å²) in [5, 5.41) is 12.7. The Hall–Kier alpha value is -0.910. The molecule has 14 heavy (non-hydrogen) atoms. The van der Waals surface area contributed by atoms with Gasteiger partial charge in [0.2, 0.25) is 0 Å². The summed E-state index contributed by atoms with van der Waals surface area (Å²) >= 11 is 0. The topological polar surface area (TPSA) is 66.1 Å². The van der Waals surface area contributed by atoms with Gasteiger partial charge in [-0.1, -0.05) is 18.2 Å². The fourth-order valence-electron chi connectivity index (χ4n) is 0.990. The molecule has 0 aromatic heterocycles. The van der Waals surface area contributed by atoms with Crippen LogP contribution in [0.4, 0.5) is 0 Å². The molecule has 1 aromatic carbocycles. The molecule has 1 rings (SSSR count). The molecular formula is C9H12NO3S. The summed E-state index contributed by atoms with van der Waals surface area (Å²) in [4.78, 5) is 0.276. The molecule has 0 amide bonds. The van der Waals surface area contributed by atoms with Crippen LogP contribution in [0.1, 0.15) is 0 Å². The Morgan fingerprint density at radius 3 is 2.36 bits per heavy atom. The predicted octanol–water partition coefficient (Wildman–Crippen LogP) is 0.438. The van der Waals surface area contributed by atoms with Crippen molar-refractivity contribution in [3.8, 4) is 0 Å². The van der Waals surface area contributed by atoms with Gasteiger partial charge in [-0.05, 0) is 12.1 Å². The fourth-order valence-corrected chi connectivity index (χ4v) is 2.14. The summed E-state index contributed by atoms with van der Waals surface area (Å²) in [5.74, 6) is -0.181. The van der Waals surface area contributed by atoms with Crippen molar-refractivity contribution in [1.82, 2.24) is 5.32 Å². The molecule has 0 saturated heterocycles. The van der Waals surface area contributed by atoms with Gasteiger partial charge in [-0.15, -0.1) is 0 Å². The predicted molar refractivity (Wildman–Crippen MR) is 52.1 cm³/mol. The van der Waals surface area contributed by atoms with E-state index in [1.165, 1.54) is 12.1 Å². The molecule has 0 aliphatic rings. The van der Waals surface area contributed by atoms with Crippen molar-refractivity contribution in [2.45, 2.75) is 4.90 Å². The first-order valence-corrected chi connectivity index (χ1v) is 5.88. The van der Waals surface area contributed by atoms with Crippen molar-refractivity contribution in [2.75, 3.05) is 19.0 Å². The minimum Gasteiger partial charge on any atom is -0.301 e. The highest BCUT2D eigenvalue weighted by Gasteiger charge is 2.12. The van der Waals surface area contributed by atoms with Crippen molar-refractivity contribution in [1.29, 1.82) is 0 Å². The third-order valence-electron chi connectivity index (χ3n) is 1.67. The average molecular weight is 214 g/mol. The first-order valence-electron chi connectivity index (χ1n) is 4.23. The van der Waals surface area contributed by atoms with Crippen molar-refractivity contribution >= 4 is 9.84 Å². The van der Waals surface area contributed by atoms with Crippen LogP contribution in [0.15, 0.2) is 35.2 Å². The molecule has 4 nitrogen and oxygen atoms in total. The summed E-state index contributed by atoms with van der Waals surface area (Å²) in [6.45, 7) is -0.142. The number of rotatable bonds is 5. The number of benzene rings is 1. The minimum absolute atomic E-state index is 0.173. The molecule has 5 heteroatoms. The third-order valence-corrected chi connectivity index (χ3v) is 3.25. The Kier molecular flexibility index (Phi) is 4.06. The Labute approximate surface area is 83.5 Å². The lowest BCUT2D eigenvalue weighted by Crippen LogP contribution is -2.25. The summed E-state index contributed by atoms with van der Waals surface area (Å²) in [5.41, 5.74) is 0. The summed E-state index contributed by atoms with van der Waals surface area (Å²) in [6, 6.07) is 8.16. The van der Waals surface area contributed by atoms with Gasteiger partial charge in [0.1, 0.15) is 5.88 Å². The molecular weight excluding hydrogens is 202 g/mol. The Bertz CT molecular complexity index is 361. The molecule has 0 aliphatic heterocycles. The van der Waals surface area contributed by atoms with Crippen LogP contribution in [0, 0.1) is 0 Å². The largest absolute Gasteiger partial charge is 0.301 e. The highest BCUT2D eigenvalue weighted by Crippen LogP contribution is 2.08. The van der Waals surface area contributed by atoms with Crippen molar-refractivity contribution in [2.24, 2.45) is 0 Å². The maximum Gasteiger partial charge on any atom is 0.191 e. The van der Waals surface area contributed by atoms with E-state index in [1.54, 1.807) is 18.2 Å². The van der Waals surface area contributed by atoms with Gasteiger partial charge >= 0.3 is 0 Å². The molecule has 0 aliphatic carbocycles. The average Bonchev–Trinajstić information content (AvgIpc) is 2.19. The van der Waals surface area contributed by atoms with E-state index in [-0.39, 0.29) is 23.9 Å². The molecule has 0 saturated carbocycles. The molecule has 0 heterocycles. The number of sulfone groups is 1. The lowest BCUT2D eigenvalue weighted by atomic mass is 10.4. The first kappa shape index (κ1) is 11.2. The van der Waals surface area contributed by atoms with Gasteiger partial charge in [0.05, 0.1) is 11.5 Å². The minimum atomic E-state index is -3.28. The van der Waals surface area contributed by atoms with Gasteiger partial charge in [-0.25, -0.2) is 13.5 Å². The zero-order chi connectivity index (χ0) is 10.4. The second-order valence-electron chi connectivity index (χ2n) is 2.78. The van der Waals surface area contributed by atoms with Crippen LogP contribution in [-0.4, -0.2) is 27.4 Å². The van der Waals surface area contributed by atoms with Gasteiger partial charge in [0.25, 0.3) is 0 Å². The van der Waals surface area contributed by atoms with E-state index < -0.39 is 9.84 Å². The highest BCUT2D eigenvalue weighted by atomic mass is 32.2. The maximum absolute atomic E-state index is 11.5. The molecule has 1 aromatic rings. The Balaban J connectivity index is 2.67. The maximum atomic E-state index is 11.5. The Morgan fingerprint density at radius 2 is 1.79 bits per heavy atom. The van der Waals surface area contributed by atoms with Crippen molar-refractivity contribution in [3.05, 3.63) is 30.3 Å². The highest BCUT2D eigenvalue weighted by molar-refractivity contribution is 7.91. The summed E-state index contributed by atoms with van der Waals surface area (Å²) in [7, 11) is -3.28. The Morgan fingerprint density at radius 1 is 1.14 bits per heavy atom. The standard InChI is InChI=1S/C9H12NO3S/c11-7-6-10-8-14(12,13)9-4-2-1-3-5-9/h1-5,10H,6-8H2. The van der Waals surface area contributed by atoms with Gasteiger partial charge in [0, 0.05) is 6.54 Å². The van der Waals surface area contributed by atoms with E-state index in [4.69, 9.17) is 0 Å². The van der Waals surface area contributed by atoms with Crippen LogP contribution in [0.25, 0.3) is 0 Å². The first-order chi connectivity index (χ1) is 6.67. The van der Waals surface area contributed by atoms with E-state index in [0.717, 1.165) is 0 Å². The third kappa shape index (κ3) is 3.10. The van der Waals surface area contributed by atoms with Crippen molar-refractivity contribution < 1.29 is 13.5 Å². The number of hydrogen-bond donors (Lipinski definition) is 1. The summed E-state index contributed by atoms with van der Waals surface area (Å²) in [6.07, 6.45) is 0. The number of nitrogens with one attached hydrogen (secondary N) is 1. The SMILES string of the molecule is [O]CCNCS(=O)(=O)c1ccccc1. The van der Waals surface area contributed by atoms with Gasteiger partial charge in [-0.3, -0.25) is 0 Å². The normalized spacial score (nSPS) is 11.5. The van der Waals surface area contributed by atoms with Gasteiger partial charge in [-0.2, -0.15) is 0 Å². The summed E-state index contributed by atoms with van der Waals surface area (Å²) < 4.78 is 23.1. The molecule has 0 bridgehead atoms. The lowest BCUT2D eigenvalue weighted by Gasteiger charge is -2.04. The smallest absolute Gasteiger partial charge is 0.191 e. The molecule has 0 spiro atoms. The molecule has 1 N–H and O–H groups in total. The van der Waals surface area contributed by atoms with E-state index in [2.05, 4.69) is 5.32 Å². The van der Waals surface area contributed by atoms with E-state index >= 15 is 0 Å². The van der Waals surface area contributed by atoms with Crippen LogP contribution in [0.3, 0.4) is 0 Å². The lowest BCUT2D eigenvalue weighted by molar-refractivity contribution is 0.196. The van der Waals surface area contributed by atoms with E-state index in [0.29, 0.717) is 0 Å². The van der Waals surface area contributed by atoms with Crippen LogP contribution >= 0.6 is 0 Å². The fraction of sp³-hybridized carbons (Fsp3) is 0.333. The van der Waals surface area contributed by atoms with E-state index in [9.17, 15) is 13.5 Å². The molecule has 0 atom stereocenters. The molecule has 1 radical (unpaired) electrons.